The van der Waals surface area contributed by atoms with Crippen LogP contribution in [0.3, 0.4) is 0 Å². The highest BCUT2D eigenvalue weighted by Crippen LogP contribution is 2.22. The fourth-order valence-electron chi connectivity index (χ4n) is 1.84. The van der Waals surface area contributed by atoms with Gasteiger partial charge >= 0.3 is 0 Å². The summed E-state index contributed by atoms with van der Waals surface area (Å²) in [6.45, 7) is 2.04. The Labute approximate surface area is 121 Å². The molecule has 0 saturated heterocycles. The molecule has 0 spiro atoms. The summed E-state index contributed by atoms with van der Waals surface area (Å²) in [7, 11) is 1.84. The van der Waals surface area contributed by atoms with Crippen LogP contribution in [0.1, 0.15) is 30.3 Å². The summed E-state index contributed by atoms with van der Waals surface area (Å²) in [5.74, 6) is -0.198. The minimum Gasteiger partial charge on any atom is -0.396 e. The van der Waals surface area contributed by atoms with E-state index >= 15 is 0 Å². The molecule has 0 aliphatic rings. The van der Waals surface area contributed by atoms with Crippen molar-refractivity contribution in [2.24, 2.45) is 7.05 Å². The maximum Gasteiger partial charge on any atom is 0.270 e. The smallest absolute Gasteiger partial charge is 0.270 e. The molecule has 0 aliphatic carbocycles. The second kappa shape index (κ2) is 6.62. The normalized spacial score (nSPS) is 12.3. The fraction of sp³-hybridized carbons (Fsp3) is 0.462. The van der Waals surface area contributed by atoms with Gasteiger partial charge < -0.3 is 10.4 Å². The first-order valence-corrected chi connectivity index (χ1v) is 7.38. The number of thiazole rings is 1. The number of aromatic nitrogens is 3. The van der Waals surface area contributed by atoms with Crippen molar-refractivity contribution in [1.82, 2.24) is 20.1 Å². The molecule has 0 aromatic carbocycles. The van der Waals surface area contributed by atoms with Crippen molar-refractivity contribution in [3.8, 4) is 10.6 Å². The summed E-state index contributed by atoms with van der Waals surface area (Å²) in [5.41, 5.74) is 1.31. The number of aryl methyl sites for hydroxylation is 1. The lowest BCUT2D eigenvalue weighted by atomic mass is 10.1. The molecule has 20 heavy (non-hydrogen) atoms. The van der Waals surface area contributed by atoms with Crippen LogP contribution in [0.4, 0.5) is 0 Å². The van der Waals surface area contributed by atoms with Crippen LogP contribution >= 0.6 is 11.3 Å². The summed E-state index contributed by atoms with van der Waals surface area (Å²) in [6.07, 6.45) is 4.93. The van der Waals surface area contributed by atoms with Gasteiger partial charge in [-0.3, -0.25) is 9.48 Å². The fourth-order valence-corrected chi connectivity index (χ4v) is 2.61. The van der Waals surface area contributed by atoms with Crippen LogP contribution in [0.25, 0.3) is 10.6 Å². The summed E-state index contributed by atoms with van der Waals surface area (Å²) in [5, 5.41) is 18.4. The van der Waals surface area contributed by atoms with E-state index in [9.17, 15) is 4.79 Å². The van der Waals surface area contributed by atoms with Crippen LogP contribution in [-0.4, -0.2) is 38.4 Å². The Morgan fingerprint density at radius 2 is 2.40 bits per heavy atom. The number of rotatable bonds is 6. The van der Waals surface area contributed by atoms with Crippen LogP contribution < -0.4 is 5.32 Å². The van der Waals surface area contributed by atoms with Gasteiger partial charge in [-0.05, 0) is 12.8 Å². The SMILES string of the molecule is CCC(CCO)NC(=O)c1csc(-c2cnn(C)c2)n1. The average Bonchev–Trinajstić information content (AvgIpc) is 3.06. The number of aliphatic hydroxyl groups is 1. The van der Waals surface area contributed by atoms with Gasteiger partial charge in [0.1, 0.15) is 10.7 Å². The maximum absolute atomic E-state index is 12.1. The second-order valence-corrected chi connectivity index (χ2v) is 5.39. The van der Waals surface area contributed by atoms with Crippen molar-refractivity contribution in [3.05, 3.63) is 23.5 Å². The van der Waals surface area contributed by atoms with Crippen molar-refractivity contribution < 1.29 is 9.90 Å². The Bertz CT molecular complexity index is 578. The second-order valence-electron chi connectivity index (χ2n) is 4.53. The van der Waals surface area contributed by atoms with E-state index < -0.39 is 0 Å². The van der Waals surface area contributed by atoms with Crippen LogP contribution in [0.2, 0.25) is 0 Å². The first-order chi connectivity index (χ1) is 9.63. The number of hydrogen-bond donors (Lipinski definition) is 2. The van der Waals surface area contributed by atoms with E-state index in [0.717, 1.165) is 17.0 Å². The number of nitrogens with zero attached hydrogens (tertiary/aromatic N) is 3. The van der Waals surface area contributed by atoms with E-state index in [0.29, 0.717) is 12.1 Å². The average molecular weight is 294 g/mol. The van der Waals surface area contributed by atoms with E-state index in [4.69, 9.17) is 5.11 Å². The number of carbonyl (C=O) groups excluding carboxylic acids is 1. The predicted molar refractivity (Wildman–Crippen MR) is 77.6 cm³/mol. The van der Waals surface area contributed by atoms with Gasteiger partial charge in [0.2, 0.25) is 0 Å². The zero-order chi connectivity index (χ0) is 14.5. The molecule has 1 atom stereocenters. The van der Waals surface area contributed by atoms with Crippen LogP contribution in [0, 0.1) is 0 Å². The third kappa shape index (κ3) is 3.43. The van der Waals surface area contributed by atoms with E-state index in [-0.39, 0.29) is 18.6 Å². The van der Waals surface area contributed by atoms with E-state index in [1.807, 2.05) is 20.2 Å². The Balaban J connectivity index is 2.06. The zero-order valence-electron chi connectivity index (χ0n) is 11.5. The van der Waals surface area contributed by atoms with Crippen LogP contribution in [0.15, 0.2) is 17.8 Å². The Hall–Kier alpha value is -1.73. The first kappa shape index (κ1) is 14.7. The standard InChI is InChI=1S/C13H18N4O2S/c1-3-10(4-5-18)15-12(19)11-8-20-13(16-11)9-6-14-17(2)7-9/h6-8,10,18H,3-5H2,1-2H3,(H,15,19). The highest BCUT2D eigenvalue weighted by molar-refractivity contribution is 7.13. The van der Waals surface area contributed by atoms with Gasteiger partial charge in [-0.2, -0.15) is 5.10 Å². The molecule has 0 bridgehead atoms. The number of nitrogens with one attached hydrogen (secondary N) is 1. The van der Waals surface area contributed by atoms with Crippen molar-refractivity contribution in [3.63, 3.8) is 0 Å². The lowest BCUT2D eigenvalue weighted by Gasteiger charge is -2.14. The number of hydrogen-bond acceptors (Lipinski definition) is 5. The molecule has 0 fully saturated rings. The number of amides is 1. The van der Waals surface area contributed by atoms with Crippen molar-refractivity contribution >= 4 is 17.2 Å². The molecule has 2 heterocycles. The third-order valence-electron chi connectivity index (χ3n) is 2.99. The summed E-state index contributed by atoms with van der Waals surface area (Å²) in [6, 6.07) is -0.0176. The molecule has 0 aliphatic heterocycles. The van der Waals surface area contributed by atoms with Gasteiger partial charge in [0.05, 0.1) is 6.20 Å². The van der Waals surface area contributed by atoms with Gasteiger partial charge in [0.25, 0.3) is 5.91 Å². The van der Waals surface area contributed by atoms with Crippen LogP contribution in [0.5, 0.6) is 0 Å². The first-order valence-electron chi connectivity index (χ1n) is 6.50. The molecule has 1 amide bonds. The maximum atomic E-state index is 12.1. The number of carbonyl (C=O) groups is 1. The van der Waals surface area contributed by atoms with Crippen molar-refractivity contribution in [2.75, 3.05) is 6.61 Å². The third-order valence-corrected chi connectivity index (χ3v) is 3.89. The minimum absolute atomic E-state index is 0.0176. The Morgan fingerprint density at radius 1 is 1.60 bits per heavy atom. The van der Waals surface area contributed by atoms with Crippen molar-refractivity contribution in [1.29, 1.82) is 0 Å². The molecule has 108 valence electrons. The van der Waals surface area contributed by atoms with E-state index in [1.165, 1.54) is 11.3 Å². The predicted octanol–water partition coefficient (Wildman–Crippen LogP) is 1.43. The molecule has 2 rings (SSSR count). The van der Waals surface area contributed by atoms with Gasteiger partial charge in [0.15, 0.2) is 0 Å². The van der Waals surface area contributed by atoms with Gasteiger partial charge in [-0.15, -0.1) is 11.3 Å². The molecule has 0 radical (unpaired) electrons. The molecular formula is C13H18N4O2S. The largest absolute Gasteiger partial charge is 0.396 e. The molecular weight excluding hydrogens is 276 g/mol. The summed E-state index contributed by atoms with van der Waals surface area (Å²) >= 11 is 1.42. The highest BCUT2D eigenvalue weighted by Gasteiger charge is 2.15. The Kier molecular flexibility index (Phi) is 4.86. The van der Waals surface area contributed by atoms with E-state index in [2.05, 4.69) is 15.4 Å². The summed E-state index contributed by atoms with van der Waals surface area (Å²) < 4.78 is 1.70. The Morgan fingerprint density at radius 3 is 3.00 bits per heavy atom. The van der Waals surface area contributed by atoms with Gasteiger partial charge in [0, 0.05) is 36.8 Å². The molecule has 7 heteroatoms. The molecule has 6 nitrogen and oxygen atoms in total. The lowest BCUT2D eigenvalue weighted by molar-refractivity contribution is 0.0925. The summed E-state index contributed by atoms with van der Waals surface area (Å²) in [4.78, 5) is 16.4. The molecule has 0 saturated carbocycles. The molecule has 2 N–H and O–H groups in total. The quantitative estimate of drug-likeness (QED) is 0.844. The molecule has 2 aromatic heterocycles. The highest BCUT2D eigenvalue weighted by atomic mass is 32.1. The van der Waals surface area contributed by atoms with Crippen molar-refractivity contribution in [2.45, 2.75) is 25.8 Å². The molecule has 1 unspecified atom stereocenters. The monoisotopic (exact) mass is 294 g/mol. The van der Waals surface area contributed by atoms with Crippen LogP contribution in [-0.2, 0) is 7.05 Å². The topological polar surface area (TPSA) is 80.0 Å². The van der Waals surface area contributed by atoms with Gasteiger partial charge in [-0.25, -0.2) is 4.98 Å². The zero-order valence-corrected chi connectivity index (χ0v) is 12.4. The lowest BCUT2D eigenvalue weighted by Crippen LogP contribution is -2.35. The number of aliphatic hydroxyl groups excluding tert-OH is 1. The van der Waals surface area contributed by atoms with Gasteiger partial charge in [-0.1, -0.05) is 6.92 Å². The molecule has 2 aromatic rings. The minimum atomic E-state index is -0.198. The van der Waals surface area contributed by atoms with E-state index in [1.54, 1.807) is 16.3 Å².